The summed E-state index contributed by atoms with van der Waals surface area (Å²) in [7, 11) is 0. The van der Waals surface area contributed by atoms with E-state index < -0.39 is 5.41 Å². The molecule has 0 spiro atoms. The van der Waals surface area contributed by atoms with Crippen LogP contribution in [0.3, 0.4) is 0 Å². The topological polar surface area (TPSA) is 87.0 Å². The van der Waals surface area contributed by atoms with Gasteiger partial charge in [-0.1, -0.05) is 6.08 Å². The Bertz CT molecular complexity index is 904. The molecule has 0 aromatic carbocycles. The van der Waals surface area contributed by atoms with E-state index in [1.807, 2.05) is 24.7 Å². The zero-order valence-corrected chi connectivity index (χ0v) is 15.9. The number of piperidine rings is 1. The zero-order chi connectivity index (χ0) is 19.0. The number of rotatable bonds is 4. The molecule has 2 aromatic heterocycles. The number of hydrogen-bond acceptors (Lipinski definition) is 4. The molecule has 1 fully saturated rings. The number of nitrogens with zero attached hydrogens (tertiary/aromatic N) is 2. The van der Waals surface area contributed by atoms with Crippen molar-refractivity contribution in [2.75, 3.05) is 13.1 Å². The number of carbonyl (C=O) groups excluding carboxylic acids is 1. The van der Waals surface area contributed by atoms with Gasteiger partial charge in [0.05, 0.1) is 23.2 Å². The van der Waals surface area contributed by atoms with E-state index in [-0.39, 0.29) is 18.0 Å². The number of fused-ring (bicyclic) bond motifs is 1. The van der Waals surface area contributed by atoms with E-state index in [4.69, 9.17) is 5.73 Å². The Hall–Kier alpha value is -2.60. The molecule has 0 radical (unpaired) electrons. The van der Waals surface area contributed by atoms with E-state index in [2.05, 4.69) is 52.4 Å². The second-order valence-electron chi connectivity index (χ2n) is 7.80. The van der Waals surface area contributed by atoms with Gasteiger partial charge in [-0.15, -0.1) is 0 Å². The van der Waals surface area contributed by atoms with Gasteiger partial charge in [-0.25, -0.2) is 0 Å². The molecule has 142 valence electrons. The smallest absolute Gasteiger partial charge is 0.226 e. The predicted octanol–water partition coefficient (Wildman–Crippen LogP) is 2.41. The number of allylic oxidation sites excluding steroid dienone is 2. The van der Waals surface area contributed by atoms with E-state index in [1.165, 1.54) is 0 Å². The average molecular weight is 365 g/mol. The maximum atomic E-state index is 12.8. The summed E-state index contributed by atoms with van der Waals surface area (Å²) >= 11 is 0. The number of nitrogens with one attached hydrogen (secondary N) is 2. The summed E-state index contributed by atoms with van der Waals surface area (Å²) in [5.74, 6) is -0.206. The first kappa shape index (κ1) is 17.8. The molecule has 1 amide bonds. The Morgan fingerprint density at radius 3 is 2.85 bits per heavy atom. The van der Waals surface area contributed by atoms with Crippen LogP contribution in [-0.4, -0.2) is 45.9 Å². The summed E-state index contributed by atoms with van der Waals surface area (Å²) in [5.41, 5.74) is 8.72. The Morgan fingerprint density at radius 2 is 2.15 bits per heavy atom. The second kappa shape index (κ2) is 6.85. The molecule has 2 aliphatic rings. The molecule has 0 aliphatic carbocycles. The van der Waals surface area contributed by atoms with E-state index in [0.717, 1.165) is 48.0 Å². The van der Waals surface area contributed by atoms with Crippen LogP contribution in [0, 0.1) is 5.41 Å². The highest BCUT2D eigenvalue weighted by Crippen LogP contribution is 2.45. The lowest BCUT2D eigenvalue weighted by molar-refractivity contribution is -0.132. The SMILES string of the molecule is CC(C)N1C=CC=C(c2c[nH]c3cnccc23)C1C1(C(N)=O)CCNCC1. The standard InChI is InChI=1S/C21H27N5O/c1-14(2)26-11-3-4-16(17-12-25-18-13-24-8-5-15(17)18)19(26)21(20(22)27)6-9-23-10-7-21/h3-5,8,11-14,19,23,25H,6-7,9-10H2,1-2H3,(H2,22,27). The summed E-state index contributed by atoms with van der Waals surface area (Å²) in [6.07, 6.45) is 13.5. The van der Waals surface area contributed by atoms with E-state index in [1.54, 1.807) is 0 Å². The van der Waals surface area contributed by atoms with E-state index in [9.17, 15) is 4.79 Å². The van der Waals surface area contributed by atoms with Crippen molar-refractivity contribution >= 4 is 22.4 Å². The lowest BCUT2D eigenvalue weighted by Crippen LogP contribution is -2.59. The molecular formula is C21H27N5O. The van der Waals surface area contributed by atoms with Gasteiger partial charge in [-0.2, -0.15) is 0 Å². The van der Waals surface area contributed by atoms with Crippen molar-refractivity contribution in [2.45, 2.75) is 38.8 Å². The van der Waals surface area contributed by atoms with Gasteiger partial charge in [0.15, 0.2) is 0 Å². The molecule has 6 nitrogen and oxygen atoms in total. The number of aromatic nitrogens is 2. The Balaban J connectivity index is 1.89. The second-order valence-corrected chi connectivity index (χ2v) is 7.80. The Labute approximate surface area is 159 Å². The Kier molecular flexibility index (Phi) is 4.52. The first-order valence-corrected chi connectivity index (χ1v) is 9.62. The minimum atomic E-state index is -0.595. The number of aromatic amines is 1. The van der Waals surface area contributed by atoms with Crippen LogP contribution in [0.25, 0.3) is 16.5 Å². The van der Waals surface area contributed by atoms with Crippen LogP contribution in [0.1, 0.15) is 32.3 Å². The number of amides is 1. The molecule has 1 saturated heterocycles. The highest BCUT2D eigenvalue weighted by atomic mass is 16.1. The van der Waals surface area contributed by atoms with Gasteiger partial charge in [0.2, 0.25) is 5.91 Å². The number of hydrogen-bond donors (Lipinski definition) is 3. The third-order valence-electron chi connectivity index (χ3n) is 6.03. The largest absolute Gasteiger partial charge is 0.369 e. The van der Waals surface area contributed by atoms with Crippen molar-refractivity contribution in [1.82, 2.24) is 20.2 Å². The van der Waals surface area contributed by atoms with Gasteiger partial charge in [0.1, 0.15) is 0 Å². The molecule has 1 unspecified atom stereocenters. The molecule has 0 bridgehead atoms. The predicted molar refractivity (Wildman–Crippen MR) is 108 cm³/mol. The lowest BCUT2D eigenvalue weighted by Gasteiger charge is -2.49. The molecule has 4 N–H and O–H groups in total. The average Bonchev–Trinajstić information content (AvgIpc) is 3.11. The molecule has 4 heterocycles. The third-order valence-corrected chi connectivity index (χ3v) is 6.03. The molecule has 0 saturated carbocycles. The molecular weight excluding hydrogens is 338 g/mol. The fourth-order valence-corrected chi connectivity index (χ4v) is 4.61. The van der Waals surface area contributed by atoms with Crippen LogP contribution in [0.5, 0.6) is 0 Å². The number of primary amides is 1. The quantitative estimate of drug-likeness (QED) is 0.776. The van der Waals surface area contributed by atoms with Gasteiger partial charge in [-0.05, 0) is 63.7 Å². The summed E-state index contributed by atoms with van der Waals surface area (Å²) in [4.78, 5) is 22.6. The summed E-state index contributed by atoms with van der Waals surface area (Å²) in [6, 6.07) is 2.19. The van der Waals surface area contributed by atoms with Crippen molar-refractivity contribution in [2.24, 2.45) is 11.1 Å². The van der Waals surface area contributed by atoms with Crippen LogP contribution in [0.15, 0.2) is 43.0 Å². The fraction of sp³-hybridized carbons (Fsp3) is 0.429. The van der Waals surface area contributed by atoms with Crippen LogP contribution in [0.2, 0.25) is 0 Å². The van der Waals surface area contributed by atoms with Crippen molar-refractivity contribution in [1.29, 1.82) is 0 Å². The first-order chi connectivity index (χ1) is 13.0. The van der Waals surface area contributed by atoms with Crippen LogP contribution >= 0.6 is 0 Å². The number of H-pyrrole nitrogens is 1. The maximum absolute atomic E-state index is 12.8. The van der Waals surface area contributed by atoms with E-state index in [0.29, 0.717) is 0 Å². The number of nitrogens with two attached hydrogens (primary N) is 1. The minimum absolute atomic E-state index is 0.0886. The van der Waals surface area contributed by atoms with Crippen LogP contribution in [0.4, 0.5) is 0 Å². The number of pyridine rings is 1. The molecule has 27 heavy (non-hydrogen) atoms. The minimum Gasteiger partial charge on any atom is -0.369 e. The van der Waals surface area contributed by atoms with E-state index >= 15 is 0 Å². The van der Waals surface area contributed by atoms with Crippen LogP contribution < -0.4 is 11.1 Å². The van der Waals surface area contributed by atoms with Gasteiger partial charge in [0, 0.05) is 29.4 Å². The normalized spacial score (nSPS) is 22.3. The zero-order valence-electron chi connectivity index (χ0n) is 15.9. The Morgan fingerprint density at radius 1 is 1.37 bits per heavy atom. The van der Waals surface area contributed by atoms with Gasteiger partial charge < -0.3 is 20.9 Å². The summed E-state index contributed by atoms with van der Waals surface area (Å²) < 4.78 is 0. The summed E-state index contributed by atoms with van der Waals surface area (Å²) in [5, 5.41) is 4.50. The summed E-state index contributed by atoms with van der Waals surface area (Å²) in [6.45, 7) is 5.94. The highest BCUT2D eigenvalue weighted by Gasteiger charge is 2.50. The first-order valence-electron chi connectivity index (χ1n) is 9.62. The maximum Gasteiger partial charge on any atom is 0.226 e. The third kappa shape index (κ3) is 2.84. The molecule has 4 rings (SSSR count). The highest BCUT2D eigenvalue weighted by molar-refractivity contribution is 5.96. The van der Waals surface area contributed by atoms with Crippen molar-refractivity contribution in [3.8, 4) is 0 Å². The van der Waals surface area contributed by atoms with Crippen molar-refractivity contribution in [3.63, 3.8) is 0 Å². The van der Waals surface area contributed by atoms with Crippen LogP contribution in [-0.2, 0) is 4.79 Å². The van der Waals surface area contributed by atoms with Gasteiger partial charge >= 0.3 is 0 Å². The van der Waals surface area contributed by atoms with Gasteiger partial charge in [0.25, 0.3) is 0 Å². The fourth-order valence-electron chi connectivity index (χ4n) is 4.61. The number of carbonyl (C=O) groups is 1. The lowest BCUT2D eigenvalue weighted by atomic mass is 9.67. The molecule has 2 aliphatic heterocycles. The molecule has 2 aromatic rings. The van der Waals surface area contributed by atoms with Crippen molar-refractivity contribution < 1.29 is 4.79 Å². The molecule has 1 atom stereocenters. The molecule has 6 heteroatoms. The van der Waals surface area contributed by atoms with Crippen molar-refractivity contribution in [3.05, 3.63) is 48.6 Å². The van der Waals surface area contributed by atoms with Gasteiger partial charge in [-0.3, -0.25) is 9.78 Å². The monoisotopic (exact) mass is 365 g/mol.